The third-order valence-corrected chi connectivity index (χ3v) is 2.35. The Morgan fingerprint density at radius 1 is 1.50 bits per heavy atom. The molecule has 14 heavy (non-hydrogen) atoms. The Hall–Kier alpha value is -0.580. The predicted octanol–water partition coefficient (Wildman–Crippen LogP) is 1.54. The van der Waals surface area contributed by atoms with Crippen LogP contribution in [-0.4, -0.2) is 25.4 Å². The molecule has 0 atom stereocenters. The van der Waals surface area contributed by atoms with Crippen molar-refractivity contribution < 1.29 is 9.84 Å². The van der Waals surface area contributed by atoms with Gasteiger partial charge in [-0.05, 0) is 40.7 Å². The number of rotatable bonds is 5. The summed E-state index contributed by atoms with van der Waals surface area (Å²) >= 11 is 3.41. The van der Waals surface area contributed by atoms with Gasteiger partial charge in [0.25, 0.3) is 0 Å². The molecule has 1 aromatic rings. The molecule has 0 amide bonds. The summed E-state index contributed by atoms with van der Waals surface area (Å²) in [6, 6.07) is 5.89. The molecule has 0 aromatic heterocycles. The number of ether oxygens (including phenoxy) is 1. The molecule has 0 fully saturated rings. The first-order valence-corrected chi connectivity index (χ1v) is 5.24. The van der Waals surface area contributed by atoms with Crippen LogP contribution in [0.1, 0.15) is 5.56 Å². The van der Waals surface area contributed by atoms with E-state index in [-0.39, 0.29) is 6.61 Å². The Balaban J connectivity index is 2.68. The average molecular weight is 260 g/mol. The highest BCUT2D eigenvalue weighted by Crippen LogP contribution is 2.25. The van der Waals surface area contributed by atoms with Crippen LogP contribution < -0.4 is 10.1 Å². The lowest BCUT2D eigenvalue weighted by atomic mass is 10.2. The van der Waals surface area contributed by atoms with Crippen LogP contribution in [0.25, 0.3) is 0 Å². The van der Waals surface area contributed by atoms with Gasteiger partial charge >= 0.3 is 0 Å². The lowest BCUT2D eigenvalue weighted by Crippen LogP contribution is -2.06. The second-order valence-corrected chi connectivity index (χ2v) is 3.72. The Bertz CT molecular complexity index is 291. The van der Waals surface area contributed by atoms with E-state index < -0.39 is 0 Å². The van der Waals surface area contributed by atoms with E-state index in [1.165, 1.54) is 5.56 Å². The van der Waals surface area contributed by atoms with Crippen LogP contribution in [0.15, 0.2) is 22.7 Å². The molecule has 0 spiro atoms. The highest BCUT2D eigenvalue weighted by molar-refractivity contribution is 9.10. The number of halogens is 1. The summed E-state index contributed by atoms with van der Waals surface area (Å²) < 4.78 is 6.22. The van der Waals surface area contributed by atoms with Gasteiger partial charge in [0.1, 0.15) is 12.4 Å². The largest absolute Gasteiger partial charge is 0.490 e. The van der Waals surface area contributed by atoms with E-state index in [1.54, 1.807) is 0 Å². The van der Waals surface area contributed by atoms with Gasteiger partial charge in [0.2, 0.25) is 0 Å². The molecule has 0 saturated carbocycles. The number of nitrogens with one attached hydrogen (secondary N) is 1. The van der Waals surface area contributed by atoms with E-state index in [4.69, 9.17) is 9.84 Å². The van der Waals surface area contributed by atoms with Crippen molar-refractivity contribution in [1.82, 2.24) is 5.32 Å². The van der Waals surface area contributed by atoms with E-state index in [0.717, 1.165) is 16.8 Å². The molecule has 0 heterocycles. The molecule has 3 nitrogen and oxygen atoms in total. The standard InChI is InChI=1S/C10H14BrNO2/c1-12-7-8-2-3-10(9(11)6-8)14-5-4-13/h2-3,6,12-13H,4-5,7H2,1H3. The van der Waals surface area contributed by atoms with Gasteiger partial charge in [0.05, 0.1) is 11.1 Å². The lowest BCUT2D eigenvalue weighted by molar-refractivity contribution is 0.200. The Kier molecular flexibility index (Phi) is 4.93. The van der Waals surface area contributed by atoms with Crippen LogP contribution in [0.4, 0.5) is 0 Å². The van der Waals surface area contributed by atoms with Gasteiger partial charge in [0.15, 0.2) is 0 Å². The van der Waals surface area contributed by atoms with Crippen LogP contribution in [-0.2, 0) is 6.54 Å². The number of hydrogen-bond donors (Lipinski definition) is 2. The molecule has 1 rings (SSSR count). The molecule has 2 N–H and O–H groups in total. The Morgan fingerprint density at radius 2 is 2.29 bits per heavy atom. The smallest absolute Gasteiger partial charge is 0.133 e. The van der Waals surface area contributed by atoms with Crippen LogP contribution in [0.5, 0.6) is 5.75 Å². The highest BCUT2D eigenvalue weighted by atomic mass is 79.9. The van der Waals surface area contributed by atoms with E-state index in [1.807, 2.05) is 25.2 Å². The van der Waals surface area contributed by atoms with Crippen LogP contribution in [0.3, 0.4) is 0 Å². The maximum atomic E-state index is 8.61. The quantitative estimate of drug-likeness (QED) is 0.843. The number of aliphatic hydroxyl groups is 1. The van der Waals surface area contributed by atoms with Gasteiger partial charge in [-0.2, -0.15) is 0 Å². The summed E-state index contributed by atoms with van der Waals surface area (Å²) in [6.45, 7) is 1.19. The zero-order valence-corrected chi connectivity index (χ0v) is 9.67. The second kappa shape index (κ2) is 6.01. The number of hydrogen-bond acceptors (Lipinski definition) is 3. The third-order valence-electron chi connectivity index (χ3n) is 1.73. The predicted molar refractivity (Wildman–Crippen MR) is 59.5 cm³/mol. The minimum absolute atomic E-state index is 0.0324. The monoisotopic (exact) mass is 259 g/mol. The van der Waals surface area contributed by atoms with E-state index in [0.29, 0.717) is 6.61 Å². The first-order chi connectivity index (χ1) is 6.77. The minimum atomic E-state index is 0.0324. The summed E-state index contributed by atoms with van der Waals surface area (Å²) in [5, 5.41) is 11.7. The molecule has 0 saturated heterocycles. The zero-order chi connectivity index (χ0) is 10.4. The van der Waals surface area contributed by atoms with Crippen LogP contribution in [0.2, 0.25) is 0 Å². The van der Waals surface area contributed by atoms with Crippen molar-refractivity contribution in [3.05, 3.63) is 28.2 Å². The molecule has 0 unspecified atom stereocenters. The van der Waals surface area contributed by atoms with Gasteiger partial charge in [0, 0.05) is 6.54 Å². The molecule has 78 valence electrons. The number of benzene rings is 1. The SMILES string of the molecule is CNCc1ccc(OCCO)c(Br)c1. The molecule has 0 radical (unpaired) electrons. The highest BCUT2D eigenvalue weighted by Gasteiger charge is 2.01. The van der Waals surface area contributed by atoms with Crippen LogP contribution >= 0.6 is 15.9 Å². The maximum Gasteiger partial charge on any atom is 0.133 e. The topological polar surface area (TPSA) is 41.5 Å². The summed E-state index contributed by atoms with van der Waals surface area (Å²) in [7, 11) is 1.91. The summed E-state index contributed by atoms with van der Waals surface area (Å²) in [6.07, 6.45) is 0. The minimum Gasteiger partial charge on any atom is -0.490 e. The fourth-order valence-electron chi connectivity index (χ4n) is 1.13. The molecular weight excluding hydrogens is 246 g/mol. The van der Waals surface area contributed by atoms with Gasteiger partial charge in [-0.1, -0.05) is 6.07 Å². The summed E-state index contributed by atoms with van der Waals surface area (Å²) in [5.41, 5.74) is 1.19. The second-order valence-electron chi connectivity index (χ2n) is 2.87. The van der Waals surface area contributed by atoms with Crippen molar-refractivity contribution in [3.63, 3.8) is 0 Å². The normalized spacial score (nSPS) is 10.2. The Morgan fingerprint density at radius 3 is 2.86 bits per heavy atom. The maximum absolute atomic E-state index is 8.61. The van der Waals surface area contributed by atoms with Gasteiger partial charge in [-0.25, -0.2) is 0 Å². The average Bonchev–Trinajstić information content (AvgIpc) is 2.17. The van der Waals surface area contributed by atoms with Crippen molar-refractivity contribution in [2.45, 2.75) is 6.54 Å². The van der Waals surface area contributed by atoms with Crippen molar-refractivity contribution in [2.24, 2.45) is 0 Å². The van der Waals surface area contributed by atoms with Gasteiger partial charge in [-0.15, -0.1) is 0 Å². The molecule has 1 aromatic carbocycles. The molecule has 4 heteroatoms. The van der Waals surface area contributed by atoms with Crippen molar-refractivity contribution in [1.29, 1.82) is 0 Å². The van der Waals surface area contributed by atoms with E-state index in [9.17, 15) is 0 Å². The summed E-state index contributed by atoms with van der Waals surface area (Å²) in [5.74, 6) is 0.763. The summed E-state index contributed by atoms with van der Waals surface area (Å²) in [4.78, 5) is 0. The lowest BCUT2D eigenvalue weighted by Gasteiger charge is -2.08. The fraction of sp³-hybridized carbons (Fsp3) is 0.400. The van der Waals surface area contributed by atoms with E-state index in [2.05, 4.69) is 21.2 Å². The van der Waals surface area contributed by atoms with Crippen molar-refractivity contribution in [3.8, 4) is 5.75 Å². The Labute approximate surface area is 92.2 Å². The first kappa shape index (κ1) is 11.5. The molecule has 0 aliphatic rings. The van der Waals surface area contributed by atoms with Gasteiger partial charge in [-0.3, -0.25) is 0 Å². The van der Waals surface area contributed by atoms with Crippen molar-refractivity contribution in [2.75, 3.05) is 20.3 Å². The van der Waals surface area contributed by atoms with Crippen LogP contribution in [0, 0.1) is 0 Å². The zero-order valence-electron chi connectivity index (χ0n) is 8.09. The molecule has 0 bridgehead atoms. The fourth-order valence-corrected chi connectivity index (χ4v) is 1.67. The third kappa shape index (κ3) is 3.29. The molecular formula is C10H14BrNO2. The van der Waals surface area contributed by atoms with Crippen molar-refractivity contribution >= 4 is 15.9 Å². The number of aliphatic hydroxyl groups excluding tert-OH is 1. The first-order valence-electron chi connectivity index (χ1n) is 4.44. The van der Waals surface area contributed by atoms with Gasteiger partial charge < -0.3 is 15.2 Å². The molecule has 0 aliphatic heterocycles. The van der Waals surface area contributed by atoms with E-state index >= 15 is 0 Å². The molecule has 0 aliphatic carbocycles.